The highest BCUT2D eigenvalue weighted by atomic mass is 35.5. The number of nitrogens with zero attached hydrogens (tertiary/aromatic N) is 5. The van der Waals surface area contributed by atoms with Crippen LogP contribution in [-0.2, 0) is 6.61 Å². The number of alkyl halides is 3. The molecule has 3 N–H and O–H groups in total. The van der Waals surface area contributed by atoms with Gasteiger partial charge >= 0.3 is 6.36 Å². The summed E-state index contributed by atoms with van der Waals surface area (Å²) in [7, 11) is 0. The van der Waals surface area contributed by atoms with Gasteiger partial charge in [0.15, 0.2) is 11.5 Å². The van der Waals surface area contributed by atoms with Gasteiger partial charge in [-0.1, -0.05) is 54.3 Å². The van der Waals surface area contributed by atoms with Crippen LogP contribution in [0.1, 0.15) is 54.8 Å². The molecular weight excluding hydrogens is 547 g/mol. The molecule has 0 saturated heterocycles. The maximum Gasteiger partial charge on any atom is 0.573 e. The summed E-state index contributed by atoms with van der Waals surface area (Å²) in [6, 6.07) is 11.5. The summed E-state index contributed by atoms with van der Waals surface area (Å²) in [4.78, 5) is 4.61. The van der Waals surface area contributed by atoms with E-state index in [2.05, 4.69) is 25.2 Å². The quantitative estimate of drug-likeness (QED) is 0.0796. The first kappa shape index (κ1) is 27.4. The number of aromatic nitrogens is 3. The molecule has 2 aromatic heterocycles. The van der Waals surface area contributed by atoms with Gasteiger partial charge in [-0.15, -0.1) is 18.3 Å². The minimum atomic E-state index is -4.83. The third-order valence-electron chi connectivity index (χ3n) is 6.74. The van der Waals surface area contributed by atoms with Crippen molar-refractivity contribution in [2.24, 2.45) is 16.2 Å². The number of nitrogens with two attached hydrogens (primary N) is 1. The summed E-state index contributed by atoms with van der Waals surface area (Å²) in [5, 5.41) is 19.4. The Hall–Kier alpha value is -4.19. The van der Waals surface area contributed by atoms with Crippen LogP contribution in [0.25, 0.3) is 16.8 Å². The predicted molar refractivity (Wildman–Crippen MR) is 143 cm³/mol. The largest absolute Gasteiger partial charge is 0.573 e. The van der Waals surface area contributed by atoms with Crippen LogP contribution in [0.15, 0.2) is 65.2 Å². The Labute approximate surface area is 232 Å². The maximum atomic E-state index is 12.5. The van der Waals surface area contributed by atoms with Gasteiger partial charge in [0.25, 0.3) is 0 Å². The van der Waals surface area contributed by atoms with Gasteiger partial charge in [-0.2, -0.15) is 5.10 Å². The van der Waals surface area contributed by atoms with Gasteiger partial charge in [-0.05, 0) is 48.2 Å². The summed E-state index contributed by atoms with van der Waals surface area (Å²) >= 11 is 5.97. The Morgan fingerprint density at radius 1 is 1.12 bits per heavy atom. The van der Waals surface area contributed by atoms with Crippen LogP contribution < -0.4 is 15.3 Å². The molecule has 0 unspecified atom stereocenters. The highest BCUT2D eigenvalue weighted by Gasteiger charge is 2.32. The molecule has 4 aromatic rings. The predicted octanol–water partition coefficient (Wildman–Crippen LogP) is 7.23. The summed E-state index contributed by atoms with van der Waals surface area (Å²) in [6.45, 7) is 0.0859. The van der Waals surface area contributed by atoms with Gasteiger partial charge in [0.1, 0.15) is 18.1 Å². The van der Waals surface area contributed by atoms with E-state index in [-0.39, 0.29) is 23.4 Å². The molecule has 13 heteroatoms. The lowest BCUT2D eigenvalue weighted by Crippen LogP contribution is -2.17. The Kier molecular flexibility index (Phi) is 7.88. The Morgan fingerprint density at radius 3 is 2.65 bits per heavy atom. The maximum absolute atomic E-state index is 12.5. The molecule has 40 heavy (non-hydrogen) atoms. The monoisotopic (exact) mass is 571 g/mol. The van der Waals surface area contributed by atoms with Crippen LogP contribution in [-0.4, -0.2) is 26.8 Å². The van der Waals surface area contributed by atoms with Crippen LogP contribution in [0, 0.1) is 5.41 Å². The molecule has 2 aromatic carbocycles. The molecule has 0 atom stereocenters. The fraction of sp³-hybridized carbons (Fsp3) is 0.296. The highest BCUT2D eigenvalue weighted by Crippen LogP contribution is 2.39. The van der Waals surface area contributed by atoms with Crippen molar-refractivity contribution in [3.05, 3.63) is 76.7 Å². The lowest BCUT2D eigenvalue weighted by molar-refractivity contribution is -0.274. The first-order chi connectivity index (χ1) is 19.2. The first-order valence-corrected chi connectivity index (χ1v) is 12.9. The first-order valence-electron chi connectivity index (χ1n) is 12.6. The Morgan fingerprint density at radius 2 is 1.93 bits per heavy atom. The number of benzene rings is 2. The number of halogens is 4. The molecule has 1 aliphatic carbocycles. The third-order valence-corrected chi connectivity index (χ3v) is 7.04. The van der Waals surface area contributed by atoms with Crippen molar-refractivity contribution in [2.45, 2.75) is 51.0 Å². The molecular formula is C27H25ClF3N7O2. The van der Waals surface area contributed by atoms with Crippen LogP contribution in [0.3, 0.4) is 0 Å². The number of hydrogen-bond acceptors (Lipinski definition) is 6. The second-order valence-corrected chi connectivity index (χ2v) is 9.79. The van der Waals surface area contributed by atoms with E-state index in [1.165, 1.54) is 18.6 Å². The minimum absolute atomic E-state index is 0.0859. The molecule has 9 nitrogen and oxygen atoms in total. The van der Waals surface area contributed by atoms with Gasteiger partial charge in [0.2, 0.25) is 0 Å². The molecule has 1 aliphatic rings. The van der Waals surface area contributed by atoms with Crippen LogP contribution >= 0.6 is 11.6 Å². The summed E-state index contributed by atoms with van der Waals surface area (Å²) in [6.07, 6.45) is 3.91. The molecule has 1 fully saturated rings. The summed E-state index contributed by atoms with van der Waals surface area (Å²) in [5.74, 6) is 5.35. The molecule has 2 heterocycles. The van der Waals surface area contributed by atoms with Gasteiger partial charge in [0.05, 0.1) is 22.5 Å². The second kappa shape index (κ2) is 11.5. The van der Waals surface area contributed by atoms with E-state index in [0.29, 0.717) is 22.5 Å². The third kappa shape index (κ3) is 6.01. The zero-order valence-corrected chi connectivity index (χ0v) is 21.9. The van der Waals surface area contributed by atoms with E-state index in [4.69, 9.17) is 27.6 Å². The van der Waals surface area contributed by atoms with Gasteiger partial charge in [0, 0.05) is 17.7 Å². The Balaban J connectivity index is 1.45. The molecule has 208 valence electrons. The Bertz CT molecular complexity index is 1570. The zero-order valence-electron chi connectivity index (χ0n) is 21.2. The smallest absolute Gasteiger partial charge is 0.489 e. The van der Waals surface area contributed by atoms with E-state index >= 15 is 0 Å². The van der Waals surface area contributed by atoms with Crippen LogP contribution in [0.5, 0.6) is 11.5 Å². The standard InChI is InChI=1S/C27H25ClF3N7O2/c28-22-11-16(9-10-23(22)40-27(29,30)31)15-39-19-8-4-7-18(12-19)20-13-34-26-21(25(32)36-37-33)14-35-38(26)24(20)17-5-2-1-3-6-17/h4,7-14,17H,1-3,5-6,15H2,(H3,32,33,36). The SMILES string of the molecule is N=C(N=NN)c1cnn2c(C3CCCCC3)c(-c3cccc(OCc4ccc(OC(F)(F)F)c(Cl)c4)c3)cnc12. The van der Waals surface area contributed by atoms with Crippen molar-refractivity contribution >= 4 is 23.1 Å². The molecule has 0 aliphatic heterocycles. The average molecular weight is 572 g/mol. The number of amidine groups is 1. The fourth-order valence-corrected chi connectivity index (χ4v) is 5.22. The van der Waals surface area contributed by atoms with E-state index in [1.54, 1.807) is 23.0 Å². The molecule has 0 radical (unpaired) electrons. The van der Waals surface area contributed by atoms with E-state index < -0.39 is 12.1 Å². The minimum Gasteiger partial charge on any atom is -0.489 e. The lowest BCUT2D eigenvalue weighted by atomic mass is 9.84. The van der Waals surface area contributed by atoms with Crippen molar-refractivity contribution in [1.82, 2.24) is 14.6 Å². The second-order valence-electron chi connectivity index (χ2n) is 9.38. The average Bonchev–Trinajstić information content (AvgIpc) is 3.37. The van der Waals surface area contributed by atoms with E-state index in [0.717, 1.165) is 48.6 Å². The number of hydrogen-bond donors (Lipinski definition) is 2. The number of fused-ring (bicyclic) bond motifs is 1. The molecule has 0 spiro atoms. The highest BCUT2D eigenvalue weighted by molar-refractivity contribution is 6.32. The number of ether oxygens (including phenoxy) is 2. The molecule has 0 bridgehead atoms. The van der Waals surface area contributed by atoms with Crippen molar-refractivity contribution < 1.29 is 22.6 Å². The van der Waals surface area contributed by atoms with Crippen molar-refractivity contribution in [3.8, 4) is 22.6 Å². The van der Waals surface area contributed by atoms with E-state index in [9.17, 15) is 13.2 Å². The van der Waals surface area contributed by atoms with Crippen LogP contribution in [0.2, 0.25) is 5.02 Å². The van der Waals surface area contributed by atoms with E-state index in [1.807, 2.05) is 18.2 Å². The number of nitrogens with one attached hydrogen (secondary N) is 1. The van der Waals surface area contributed by atoms with Crippen LogP contribution in [0.4, 0.5) is 13.2 Å². The molecule has 0 amide bonds. The molecule has 1 saturated carbocycles. The zero-order chi connectivity index (χ0) is 28.3. The van der Waals surface area contributed by atoms with Gasteiger partial charge < -0.3 is 15.3 Å². The van der Waals surface area contributed by atoms with Gasteiger partial charge in [-0.3, -0.25) is 5.41 Å². The van der Waals surface area contributed by atoms with Crippen molar-refractivity contribution in [1.29, 1.82) is 5.41 Å². The lowest BCUT2D eigenvalue weighted by Gasteiger charge is -2.25. The summed E-state index contributed by atoms with van der Waals surface area (Å²) in [5.41, 5.74) is 4.27. The molecule has 5 rings (SSSR count). The number of rotatable bonds is 7. The fourth-order valence-electron chi connectivity index (χ4n) is 4.98. The van der Waals surface area contributed by atoms with Gasteiger partial charge in [-0.25, -0.2) is 9.50 Å². The van der Waals surface area contributed by atoms with Crippen molar-refractivity contribution in [3.63, 3.8) is 0 Å². The summed E-state index contributed by atoms with van der Waals surface area (Å²) < 4.78 is 49.3. The topological polar surface area (TPSA) is 123 Å². The van der Waals surface area contributed by atoms with Crippen molar-refractivity contribution in [2.75, 3.05) is 0 Å². The normalized spacial score (nSPS) is 14.6.